The minimum atomic E-state index is -0.527. The zero-order valence-corrected chi connectivity index (χ0v) is 13.5. The van der Waals surface area contributed by atoms with Gasteiger partial charge in [0, 0.05) is 6.07 Å². The van der Waals surface area contributed by atoms with Crippen LogP contribution in [0, 0.1) is 10.1 Å². The third-order valence-corrected chi connectivity index (χ3v) is 3.04. The number of hydrogen-bond donors (Lipinski definition) is 1. The average Bonchev–Trinajstić information content (AvgIpc) is 2.64. The number of carbonyl (C=O) groups excluding carboxylic acids is 1. The number of ether oxygens (including phenoxy) is 3. The number of aromatic nitrogens is 1. The summed E-state index contributed by atoms with van der Waals surface area (Å²) >= 11 is 0. The van der Waals surface area contributed by atoms with E-state index in [0.717, 1.165) is 6.20 Å². The van der Waals surface area contributed by atoms with Crippen molar-refractivity contribution in [3.05, 3.63) is 52.7 Å². The third kappa shape index (κ3) is 5.65. The molecule has 1 aromatic heterocycles. The van der Waals surface area contributed by atoms with Gasteiger partial charge in [0.1, 0.15) is 18.6 Å². The number of nitrogens with one attached hydrogen (secondary N) is 1. The lowest BCUT2D eigenvalue weighted by Gasteiger charge is -2.10. The van der Waals surface area contributed by atoms with E-state index >= 15 is 0 Å². The van der Waals surface area contributed by atoms with Crippen molar-refractivity contribution >= 4 is 17.5 Å². The van der Waals surface area contributed by atoms with Crippen LogP contribution in [0.25, 0.3) is 0 Å². The van der Waals surface area contributed by atoms with Crippen molar-refractivity contribution in [2.45, 2.75) is 0 Å². The maximum absolute atomic E-state index is 11.6. The lowest BCUT2D eigenvalue weighted by molar-refractivity contribution is -0.385. The topological polar surface area (TPSA) is 113 Å². The summed E-state index contributed by atoms with van der Waals surface area (Å²) in [5.41, 5.74) is -0.0922. The van der Waals surface area contributed by atoms with Gasteiger partial charge in [-0.25, -0.2) is 9.78 Å². The minimum absolute atomic E-state index is 0.0922. The minimum Gasteiger partial charge on any atom is -0.493 e. The van der Waals surface area contributed by atoms with Crippen LogP contribution in [-0.2, 0) is 9.53 Å². The van der Waals surface area contributed by atoms with E-state index in [0.29, 0.717) is 23.9 Å². The predicted molar refractivity (Wildman–Crippen MR) is 88.8 cm³/mol. The molecule has 0 saturated heterocycles. The molecule has 2 rings (SSSR count). The van der Waals surface area contributed by atoms with Crippen molar-refractivity contribution in [1.82, 2.24) is 4.98 Å². The van der Waals surface area contributed by atoms with Gasteiger partial charge in [0.25, 0.3) is 5.69 Å². The summed E-state index contributed by atoms with van der Waals surface area (Å²) in [5.74, 6) is 0.910. The molecular formula is C16H17N3O6. The summed E-state index contributed by atoms with van der Waals surface area (Å²) in [7, 11) is 1.51. The van der Waals surface area contributed by atoms with Gasteiger partial charge < -0.3 is 19.5 Å². The molecule has 0 fully saturated rings. The van der Waals surface area contributed by atoms with Gasteiger partial charge in [0.2, 0.25) is 0 Å². The van der Waals surface area contributed by atoms with Crippen LogP contribution in [0.1, 0.15) is 0 Å². The highest BCUT2D eigenvalue weighted by Gasteiger charge is 2.08. The number of rotatable bonds is 9. The van der Waals surface area contributed by atoms with Crippen molar-refractivity contribution in [1.29, 1.82) is 0 Å². The molecule has 9 heteroatoms. The molecule has 0 radical (unpaired) electrons. The monoisotopic (exact) mass is 347 g/mol. The summed E-state index contributed by atoms with van der Waals surface area (Å²) < 4.78 is 15.5. The number of anilines is 1. The number of nitro groups is 1. The summed E-state index contributed by atoms with van der Waals surface area (Å²) in [4.78, 5) is 25.5. The van der Waals surface area contributed by atoms with Crippen molar-refractivity contribution in [3.8, 4) is 11.5 Å². The Labute approximate surface area is 143 Å². The highest BCUT2D eigenvalue weighted by atomic mass is 16.6. The normalized spacial score (nSPS) is 9.96. The molecule has 132 valence electrons. The van der Waals surface area contributed by atoms with E-state index in [4.69, 9.17) is 14.2 Å². The van der Waals surface area contributed by atoms with E-state index in [9.17, 15) is 14.9 Å². The molecule has 1 aromatic carbocycles. The number of carbonyl (C=O) groups is 1. The number of hydrogen-bond acceptors (Lipinski definition) is 8. The highest BCUT2D eigenvalue weighted by Crippen LogP contribution is 2.25. The van der Waals surface area contributed by atoms with Gasteiger partial charge >= 0.3 is 5.97 Å². The highest BCUT2D eigenvalue weighted by molar-refractivity contribution is 5.71. The fourth-order valence-corrected chi connectivity index (χ4v) is 1.86. The van der Waals surface area contributed by atoms with Crippen LogP contribution in [0.3, 0.4) is 0 Å². The Morgan fingerprint density at radius 2 is 2.00 bits per heavy atom. The van der Waals surface area contributed by atoms with Gasteiger partial charge in [-0.2, -0.15) is 0 Å². The first-order valence-electron chi connectivity index (χ1n) is 7.36. The third-order valence-electron chi connectivity index (χ3n) is 3.04. The molecule has 0 spiro atoms. The molecule has 0 aliphatic heterocycles. The van der Waals surface area contributed by atoms with Crippen molar-refractivity contribution in [2.75, 3.05) is 32.2 Å². The first-order valence-corrected chi connectivity index (χ1v) is 7.36. The van der Waals surface area contributed by atoms with Crippen LogP contribution in [0.2, 0.25) is 0 Å². The Balaban J connectivity index is 1.67. The van der Waals surface area contributed by atoms with E-state index in [1.165, 1.54) is 19.2 Å². The van der Waals surface area contributed by atoms with Crippen LogP contribution >= 0.6 is 0 Å². The van der Waals surface area contributed by atoms with E-state index in [2.05, 4.69) is 10.3 Å². The lowest BCUT2D eigenvalue weighted by Crippen LogP contribution is -2.19. The largest absolute Gasteiger partial charge is 0.493 e. The van der Waals surface area contributed by atoms with Crippen molar-refractivity contribution < 1.29 is 23.9 Å². The fourth-order valence-electron chi connectivity index (χ4n) is 1.86. The standard InChI is InChI=1S/C16H17N3O6/c1-23-13-4-2-3-5-14(13)25-11-16(20)24-9-8-17-15-7-6-12(10-18-15)19(21)22/h2-7,10H,8-9,11H2,1H3,(H,17,18). The molecule has 25 heavy (non-hydrogen) atoms. The molecule has 0 atom stereocenters. The molecule has 0 amide bonds. The summed E-state index contributed by atoms with van der Waals surface area (Å²) in [5, 5.41) is 13.4. The SMILES string of the molecule is COc1ccccc1OCC(=O)OCCNc1ccc([N+](=O)[O-])cn1. The van der Waals surface area contributed by atoms with E-state index in [1.807, 2.05) is 0 Å². The Morgan fingerprint density at radius 1 is 1.24 bits per heavy atom. The van der Waals surface area contributed by atoms with Gasteiger partial charge in [-0.3, -0.25) is 10.1 Å². The second-order valence-corrected chi connectivity index (χ2v) is 4.75. The molecule has 2 aromatic rings. The molecule has 1 N–H and O–H groups in total. The van der Waals surface area contributed by atoms with Gasteiger partial charge in [-0.05, 0) is 18.2 Å². The van der Waals surface area contributed by atoms with Crippen molar-refractivity contribution in [3.63, 3.8) is 0 Å². The van der Waals surface area contributed by atoms with E-state index in [1.54, 1.807) is 24.3 Å². The van der Waals surface area contributed by atoms with Crippen LogP contribution < -0.4 is 14.8 Å². The fraction of sp³-hybridized carbons (Fsp3) is 0.250. The molecule has 0 unspecified atom stereocenters. The van der Waals surface area contributed by atoms with Gasteiger partial charge in [-0.15, -0.1) is 0 Å². The van der Waals surface area contributed by atoms with Gasteiger partial charge in [0.15, 0.2) is 18.1 Å². The molecule has 9 nitrogen and oxygen atoms in total. The van der Waals surface area contributed by atoms with Crippen LogP contribution in [0.5, 0.6) is 11.5 Å². The summed E-state index contributed by atoms with van der Waals surface area (Å²) in [6.45, 7) is 0.175. The molecular weight excluding hydrogens is 330 g/mol. The number of esters is 1. The molecule has 0 aliphatic rings. The number of methoxy groups -OCH3 is 1. The Bertz CT molecular complexity index is 720. The van der Waals surface area contributed by atoms with Gasteiger partial charge in [-0.1, -0.05) is 12.1 Å². The van der Waals surface area contributed by atoms with Crippen molar-refractivity contribution in [2.24, 2.45) is 0 Å². The Kier molecular flexibility index (Phi) is 6.52. The predicted octanol–water partition coefficient (Wildman–Crippen LogP) is 2.03. The molecule has 0 saturated carbocycles. The zero-order valence-electron chi connectivity index (χ0n) is 13.5. The second-order valence-electron chi connectivity index (χ2n) is 4.75. The quantitative estimate of drug-likeness (QED) is 0.317. The van der Waals surface area contributed by atoms with Crippen LogP contribution in [0.15, 0.2) is 42.6 Å². The number of para-hydroxylation sites is 2. The molecule has 0 bridgehead atoms. The first kappa shape index (κ1) is 18.0. The number of benzene rings is 1. The second kappa shape index (κ2) is 9.06. The average molecular weight is 347 g/mol. The number of nitrogens with zero attached hydrogens (tertiary/aromatic N) is 2. The van der Waals surface area contributed by atoms with E-state index < -0.39 is 10.9 Å². The molecule has 1 heterocycles. The number of pyridine rings is 1. The summed E-state index contributed by atoms with van der Waals surface area (Å²) in [6.07, 6.45) is 1.15. The van der Waals surface area contributed by atoms with E-state index in [-0.39, 0.29) is 18.9 Å². The molecule has 0 aliphatic carbocycles. The maximum Gasteiger partial charge on any atom is 0.344 e. The van der Waals surface area contributed by atoms with Crippen LogP contribution in [-0.4, -0.2) is 42.7 Å². The Morgan fingerprint density at radius 3 is 2.64 bits per heavy atom. The maximum atomic E-state index is 11.6. The first-order chi connectivity index (χ1) is 12.1. The van der Waals surface area contributed by atoms with Crippen LogP contribution in [0.4, 0.5) is 11.5 Å². The lowest BCUT2D eigenvalue weighted by atomic mass is 10.3. The van der Waals surface area contributed by atoms with Gasteiger partial charge in [0.05, 0.1) is 18.6 Å². The zero-order chi connectivity index (χ0) is 18.1. The smallest absolute Gasteiger partial charge is 0.344 e. The summed E-state index contributed by atoms with van der Waals surface area (Å²) in [6, 6.07) is 9.79. The Hall–Kier alpha value is -3.36.